The molecule has 176 valence electrons. The molecule has 2 amide bonds. The van der Waals surface area contributed by atoms with Gasteiger partial charge in [0.05, 0.1) is 17.0 Å². The second-order valence-corrected chi connectivity index (χ2v) is 10.4. The molecule has 3 fully saturated rings. The lowest BCUT2D eigenvalue weighted by atomic mass is 9.85. The number of nitrogens with zero attached hydrogens (tertiary/aromatic N) is 3. The number of alkyl halides is 3. The highest BCUT2D eigenvalue weighted by molar-refractivity contribution is 7.89. The van der Waals surface area contributed by atoms with E-state index in [1.54, 1.807) is 0 Å². The Morgan fingerprint density at radius 2 is 1.56 bits per heavy atom. The molecule has 2 saturated heterocycles. The fourth-order valence-corrected chi connectivity index (χ4v) is 6.14. The summed E-state index contributed by atoms with van der Waals surface area (Å²) >= 11 is 0. The van der Waals surface area contributed by atoms with E-state index in [2.05, 4.69) is 4.74 Å². The molecule has 0 N–H and O–H groups in total. The Morgan fingerprint density at radius 3 is 2.12 bits per heavy atom. The first-order chi connectivity index (χ1) is 15.0. The van der Waals surface area contributed by atoms with Gasteiger partial charge in [-0.2, -0.15) is 4.31 Å². The molecule has 1 aromatic rings. The number of hydrogen-bond donors (Lipinski definition) is 0. The fraction of sp³-hybridized carbons (Fsp3) is 0.600. The van der Waals surface area contributed by atoms with E-state index in [1.807, 2.05) is 4.90 Å². The second-order valence-electron chi connectivity index (χ2n) is 8.47. The number of piperazine rings is 1. The number of imide groups is 1. The van der Waals surface area contributed by atoms with Gasteiger partial charge in [0.15, 0.2) is 0 Å². The Balaban J connectivity index is 1.35. The molecular weight excluding hydrogens is 451 g/mol. The molecule has 1 saturated carbocycles. The molecule has 8 nitrogen and oxygen atoms in total. The molecule has 12 heteroatoms. The minimum Gasteiger partial charge on any atom is -0.406 e. The lowest BCUT2D eigenvalue weighted by Crippen LogP contribution is -2.52. The van der Waals surface area contributed by atoms with Gasteiger partial charge in [0.2, 0.25) is 21.8 Å². The average molecular weight is 475 g/mol. The summed E-state index contributed by atoms with van der Waals surface area (Å²) in [4.78, 5) is 28.3. The number of rotatable bonds is 5. The van der Waals surface area contributed by atoms with Crippen LogP contribution >= 0.6 is 0 Å². The minimum absolute atomic E-state index is 0.115. The molecule has 2 heterocycles. The molecule has 1 aromatic carbocycles. The fourth-order valence-electron chi connectivity index (χ4n) is 4.72. The van der Waals surface area contributed by atoms with Crippen molar-refractivity contribution in [2.75, 3.05) is 32.8 Å². The van der Waals surface area contributed by atoms with E-state index in [9.17, 15) is 31.2 Å². The monoisotopic (exact) mass is 475 g/mol. The number of likely N-dealkylation sites (tertiary alicyclic amines) is 1. The summed E-state index contributed by atoms with van der Waals surface area (Å²) < 4.78 is 67.5. The molecule has 0 aromatic heterocycles. The van der Waals surface area contributed by atoms with Crippen molar-refractivity contribution in [1.29, 1.82) is 0 Å². The van der Waals surface area contributed by atoms with E-state index in [1.165, 1.54) is 9.21 Å². The summed E-state index contributed by atoms with van der Waals surface area (Å²) in [7, 11) is -3.89. The van der Waals surface area contributed by atoms with Crippen molar-refractivity contribution in [2.45, 2.75) is 43.4 Å². The van der Waals surface area contributed by atoms with E-state index in [-0.39, 0.29) is 42.9 Å². The van der Waals surface area contributed by atoms with Crippen LogP contribution in [0.3, 0.4) is 0 Å². The lowest BCUT2D eigenvalue weighted by molar-refractivity contribution is -0.274. The van der Waals surface area contributed by atoms with Gasteiger partial charge in [-0.25, -0.2) is 8.42 Å². The van der Waals surface area contributed by atoms with Crippen molar-refractivity contribution in [1.82, 2.24) is 14.1 Å². The Labute approximate surface area is 183 Å². The average Bonchev–Trinajstić information content (AvgIpc) is 3.28. The summed E-state index contributed by atoms with van der Waals surface area (Å²) in [6.07, 6.45) is -1.21. The molecule has 0 unspecified atom stereocenters. The van der Waals surface area contributed by atoms with E-state index in [4.69, 9.17) is 0 Å². The predicted octanol–water partition coefficient (Wildman–Crippen LogP) is 2.17. The summed E-state index contributed by atoms with van der Waals surface area (Å²) in [5.74, 6) is -0.786. The third kappa shape index (κ3) is 4.48. The van der Waals surface area contributed by atoms with Crippen LogP contribution in [0, 0.1) is 5.41 Å². The van der Waals surface area contributed by atoms with Crippen molar-refractivity contribution in [3.05, 3.63) is 24.3 Å². The van der Waals surface area contributed by atoms with Crippen LogP contribution in [0.2, 0.25) is 0 Å². The summed E-state index contributed by atoms with van der Waals surface area (Å²) in [6.45, 7) is 1.10. The van der Waals surface area contributed by atoms with Crippen LogP contribution < -0.4 is 4.74 Å². The number of carbonyl (C=O) groups is 2. The maximum Gasteiger partial charge on any atom is 0.573 e. The van der Waals surface area contributed by atoms with Gasteiger partial charge in [-0.3, -0.25) is 19.4 Å². The number of sulfonamides is 1. The van der Waals surface area contributed by atoms with Crippen LogP contribution in [0.1, 0.15) is 32.1 Å². The molecular formula is C20H24F3N3O5S. The third-order valence-corrected chi connectivity index (χ3v) is 8.33. The molecule has 0 radical (unpaired) electrons. The Kier molecular flexibility index (Phi) is 5.97. The molecule has 32 heavy (non-hydrogen) atoms. The number of amides is 2. The molecule has 2 aliphatic heterocycles. The number of carbonyl (C=O) groups excluding carboxylic acids is 2. The summed E-state index contributed by atoms with van der Waals surface area (Å²) in [5.41, 5.74) is -0.537. The Hall–Kier alpha value is -2.18. The third-order valence-electron chi connectivity index (χ3n) is 6.42. The minimum atomic E-state index is -4.85. The Bertz CT molecular complexity index is 983. The maximum absolute atomic E-state index is 12.8. The first-order valence-corrected chi connectivity index (χ1v) is 11.9. The van der Waals surface area contributed by atoms with Crippen LogP contribution in [0.25, 0.3) is 0 Å². The molecule has 0 atom stereocenters. The zero-order chi connectivity index (χ0) is 23.1. The highest BCUT2D eigenvalue weighted by Crippen LogP contribution is 2.46. The zero-order valence-electron chi connectivity index (χ0n) is 17.3. The Morgan fingerprint density at radius 1 is 0.969 bits per heavy atom. The van der Waals surface area contributed by atoms with E-state index < -0.39 is 27.6 Å². The van der Waals surface area contributed by atoms with Gasteiger partial charge in [-0.1, -0.05) is 12.8 Å². The van der Waals surface area contributed by atoms with Crippen LogP contribution in [0.4, 0.5) is 13.2 Å². The number of halogens is 3. The highest BCUT2D eigenvalue weighted by Gasteiger charge is 2.52. The second kappa shape index (κ2) is 8.31. The number of ether oxygens (including phenoxy) is 1. The van der Waals surface area contributed by atoms with E-state index in [0.717, 1.165) is 49.9 Å². The van der Waals surface area contributed by atoms with Crippen LogP contribution in [0.15, 0.2) is 29.2 Å². The van der Waals surface area contributed by atoms with Crippen LogP contribution in [0.5, 0.6) is 5.75 Å². The zero-order valence-corrected chi connectivity index (χ0v) is 18.1. The van der Waals surface area contributed by atoms with Crippen LogP contribution in [-0.4, -0.2) is 73.5 Å². The smallest absolute Gasteiger partial charge is 0.406 e. The SMILES string of the molecule is O=C1CC2(CCCC2)C(=O)N1CN1CCN(S(=O)(=O)c2ccc(OC(F)(F)F)cc2)CC1. The van der Waals surface area contributed by atoms with Crippen molar-refractivity contribution in [2.24, 2.45) is 5.41 Å². The van der Waals surface area contributed by atoms with Gasteiger partial charge in [-0.05, 0) is 37.1 Å². The van der Waals surface area contributed by atoms with E-state index in [0.29, 0.717) is 13.1 Å². The van der Waals surface area contributed by atoms with Crippen molar-refractivity contribution < 1.29 is 35.9 Å². The number of hydrogen-bond acceptors (Lipinski definition) is 6. The van der Waals surface area contributed by atoms with Gasteiger partial charge in [-0.15, -0.1) is 13.2 Å². The summed E-state index contributed by atoms with van der Waals surface area (Å²) in [5, 5.41) is 0. The lowest BCUT2D eigenvalue weighted by Gasteiger charge is -2.35. The van der Waals surface area contributed by atoms with Gasteiger partial charge in [0.1, 0.15) is 5.75 Å². The van der Waals surface area contributed by atoms with Crippen molar-refractivity contribution in [3.8, 4) is 5.75 Å². The predicted molar refractivity (Wildman–Crippen MR) is 106 cm³/mol. The quantitative estimate of drug-likeness (QED) is 0.607. The molecule has 0 bridgehead atoms. The molecule has 1 spiro atoms. The van der Waals surface area contributed by atoms with Gasteiger partial charge in [0.25, 0.3) is 0 Å². The summed E-state index contributed by atoms with van der Waals surface area (Å²) in [6, 6.07) is 4.07. The standard InChI is InChI=1S/C20H24F3N3O5S/c21-20(22,23)31-15-3-5-16(6-4-15)32(29,30)25-11-9-24(10-12-25)14-26-17(27)13-19(18(26)28)7-1-2-8-19/h3-6H,1-2,7-14H2. The van der Waals surface area contributed by atoms with Crippen LogP contribution in [-0.2, 0) is 19.6 Å². The molecule has 4 rings (SSSR count). The molecule has 3 aliphatic rings. The number of benzene rings is 1. The normalized spacial score (nSPS) is 22.8. The molecule has 1 aliphatic carbocycles. The van der Waals surface area contributed by atoms with E-state index >= 15 is 0 Å². The largest absolute Gasteiger partial charge is 0.573 e. The van der Waals surface area contributed by atoms with Gasteiger partial charge < -0.3 is 4.74 Å². The first-order valence-electron chi connectivity index (χ1n) is 10.4. The first kappa shape index (κ1) is 23.0. The van der Waals surface area contributed by atoms with Crippen molar-refractivity contribution >= 4 is 21.8 Å². The maximum atomic E-state index is 12.8. The van der Waals surface area contributed by atoms with Gasteiger partial charge in [0, 0.05) is 32.6 Å². The van der Waals surface area contributed by atoms with Crippen molar-refractivity contribution in [3.63, 3.8) is 0 Å². The topological polar surface area (TPSA) is 87.2 Å². The van der Waals surface area contributed by atoms with Gasteiger partial charge >= 0.3 is 6.36 Å². The highest BCUT2D eigenvalue weighted by atomic mass is 32.2.